The number of likely N-dealkylation sites (N-methyl/N-ethyl adjacent to an activating group) is 1. The lowest BCUT2D eigenvalue weighted by Gasteiger charge is -2.43. The molecule has 1 fully saturated rings. The summed E-state index contributed by atoms with van der Waals surface area (Å²) in [4.78, 5) is 2.57. The zero-order valence-corrected chi connectivity index (χ0v) is 12.4. The van der Waals surface area contributed by atoms with E-state index in [9.17, 15) is 0 Å². The second-order valence-corrected chi connectivity index (χ2v) is 6.18. The Morgan fingerprint density at radius 1 is 1.18 bits per heavy atom. The fourth-order valence-electron chi connectivity index (χ4n) is 3.41. The summed E-state index contributed by atoms with van der Waals surface area (Å²) in [5.41, 5.74) is 6.35. The Labute approximate surface area is 108 Å². The second-order valence-electron chi connectivity index (χ2n) is 6.18. The molecule has 102 valence electrons. The lowest BCUT2D eigenvalue weighted by atomic mass is 9.76. The first-order valence-corrected chi connectivity index (χ1v) is 7.48. The Bertz CT molecular complexity index is 211. The fraction of sp³-hybridized carbons (Fsp3) is 1.00. The van der Waals surface area contributed by atoms with E-state index in [4.69, 9.17) is 5.73 Å². The van der Waals surface area contributed by atoms with Crippen molar-refractivity contribution >= 4 is 0 Å². The van der Waals surface area contributed by atoms with Crippen molar-refractivity contribution < 1.29 is 0 Å². The van der Waals surface area contributed by atoms with Crippen molar-refractivity contribution in [1.29, 1.82) is 0 Å². The van der Waals surface area contributed by atoms with Crippen LogP contribution in [0.1, 0.15) is 59.8 Å². The minimum Gasteiger partial charge on any atom is -0.326 e. The third kappa shape index (κ3) is 3.69. The Hall–Kier alpha value is -0.0800. The van der Waals surface area contributed by atoms with Gasteiger partial charge in [-0.25, -0.2) is 0 Å². The predicted octanol–water partition coefficient (Wildman–Crippen LogP) is 3.26. The summed E-state index contributed by atoms with van der Waals surface area (Å²) in [6.07, 6.45) is 6.31. The maximum Gasteiger partial charge on any atom is 0.0249 e. The van der Waals surface area contributed by atoms with Crippen LogP contribution < -0.4 is 5.73 Å². The first kappa shape index (κ1) is 15.0. The van der Waals surface area contributed by atoms with Crippen molar-refractivity contribution in [3.8, 4) is 0 Å². The quantitative estimate of drug-likeness (QED) is 0.799. The maximum atomic E-state index is 6.35. The van der Waals surface area contributed by atoms with Crippen LogP contribution in [0.25, 0.3) is 0 Å². The molecule has 0 heterocycles. The largest absolute Gasteiger partial charge is 0.326 e. The van der Waals surface area contributed by atoms with Crippen LogP contribution in [-0.2, 0) is 0 Å². The van der Waals surface area contributed by atoms with Crippen LogP contribution in [0.4, 0.5) is 0 Å². The van der Waals surface area contributed by atoms with E-state index in [1.54, 1.807) is 0 Å². The van der Waals surface area contributed by atoms with Crippen molar-refractivity contribution in [2.45, 2.75) is 77.9 Å². The van der Waals surface area contributed by atoms with E-state index in [0.29, 0.717) is 18.1 Å². The Balaban J connectivity index is 2.65. The molecule has 17 heavy (non-hydrogen) atoms. The molecule has 3 atom stereocenters. The first-order chi connectivity index (χ1) is 8.01. The molecule has 2 nitrogen and oxygen atoms in total. The van der Waals surface area contributed by atoms with E-state index in [1.807, 2.05) is 0 Å². The molecule has 3 unspecified atom stereocenters. The van der Waals surface area contributed by atoms with E-state index in [2.05, 4.69) is 39.6 Å². The summed E-state index contributed by atoms with van der Waals surface area (Å²) >= 11 is 0. The molecular weight excluding hydrogens is 208 g/mol. The van der Waals surface area contributed by atoms with Crippen molar-refractivity contribution in [3.63, 3.8) is 0 Å². The van der Waals surface area contributed by atoms with E-state index in [1.165, 1.54) is 32.1 Å². The zero-order valence-electron chi connectivity index (χ0n) is 12.4. The normalized spacial score (nSPS) is 30.5. The van der Waals surface area contributed by atoms with Gasteiger partial charge in [-0.1, -0.05) is 27.7 Å². The topological polar surface area (TPSA) is 29.3 Å². The molecule has 2 heteroatoms. The van der Waals surface area contributed by atoms with Gasteiger partial charge < -0.3 is 5.73 Å². The van der Waals surface area contributed by atoms with Gasteiger partial charge in [-0.2, -0.15) is 0 Å². The molecule has 0 radical (unpaired) electrons. The maximum absolute atomic E-state index is 6.35. The van der Waals surface area contributed by atoms with Crippen LogP contribution in [0.2, 0.25) is 0 Å². The van der Waals surface area contributed by atoms with Crippen molar-refractivity contribution in [2.24, 2.45) is 17.6 Å². The van der Waals surface area contributed by atoms with Gasteiger partial charge >= 0.3 is 0 Å². The minimum absolute atomic E-state index is 0.385. The summed E-state index contributed by atoms with van der Waals surface area (Å²) in [6, 6.07) is 1.69. The SMILES string of the molecule is CCC(CC)N(C)C1CC(C(C)C)CCC1N. The highest BCUT2D eigenvalue weighted by Gasteiger charge is 2.33. The van der Waals surface area contributed by atoms with Crippen molar-refractivity contribution in [2.75, 3.05) is 7.05 Å². The molecular formula is C15H32N2. The smallest absolute Gasteiger partial charge is 0.0249 e. The molecule has 1 aliphatic rings. The molecule has 1 aliphatic carbocycles. The van der Waals surface area contributed by atoms with Gasteiger partial charge in [-0.15, -0.1) is 0 Å². The van der Waals surface area contributed by atoms with E-state index >= 15 is 0 Å². The van der Waals surface area contributed by atoms with Crippen molar-refractivity contribution in [3.05, 3.63) is 0 Å². The molecule has 0 aromatic heterocycles. The number of rotatable bonds is 5. The lowest BCUT2D eigenvalue weighted by Crippen LogP contribution is -2.53. The van der Waals surface area contributed by atoms with Gasteiger partial charge in [-0.3, -0.25) is 4.90 Å². The van der Waals surface area contributed by atoms with Gasteiger partial charge in [0.05, 0.1) is 0 Å². The monoisotopic (exact) mass is 240 g/mol. The van der Waals surface area contributed by atoms with Crippen LogP contribution in [0.5, 0.6) is 0 Å². The Morgan fingerprint density at radius 2 is 1.76 bits per heavy atom. The summed E-state index contributed by atoms with van der Waals surface area (Å²) in [7, 11) is 2.28. The van der Waals surface area contributed by atoms with Crippen LogP contribution in [0.15, 0.2) is 0 Å². The molecule has 0 aromatic rings. The predicted molar refractivity (Wildman–Crippen MR) is 76.1 cm³/mol. The summed E-state index contributed by atoms with van der Waals surface area (Å²) in [5.74, 6) is 1.68. The zero-order chi connectivity index (χ0) is 13.0. The van der Waals surface area contributed by atoms with E-state index < -0.39 is 0 Å². The fourth-order valence-corrected chi connectivity index (χ4v) is 3.41. The molecule has 0 aliphatic heterocycles. The van der Waals surface area contributed by atoms with Gasteiger partial charge in [0.25, 0.3) is 0 Å². The molecule has 2 N–H and O–H groups in total. The van der Waals surface area contributed by atoms with Crippen LogP contribution in [0, 0.1) is 11.8 Å². The highest BCUT2D eigenvalue weighted by molar-refractivity contribution is 4.90. The lowest BCUT2D eigenvalue weighted by molar-refractivity contribution is 0.0805. The summed E-state index contributed by atoms with van der Waals surface area (Å²) in [6.45, 7) is 9.29. The van der Waals surface area contributed by atoms with Gasteiger partial charge in [0.15, 0.2) is 0 Å². The van der Waals surface area contributed by atoms with Gasteiger partial charge in [0.1, 0.15) is 0 Å². The molecule has 1 saturated carbocycles. The summed E-state index contributed by atoms with van der Waals surface area (Å²) < 4.78 is 0. The first-order valence-electron chi connectivity index (χ1n) is 7.48. The number of hydrogen-bond donors (Lipinski definition) is 1. The van der Waals surface area contributed by atoms with Gasteiger partial charge in [0.2, 0.25) is 0 Å². The highest BCUT2D eigenvalue weighted by Crippen LogP contribution is 2.32. The molecule has 0 bridgehead atoms. The van der Waals surface area contributed by atoms with Crippen molar-refractivity contribution in [1.82, 2.24) is 4.90 Å². The molecule has 0 spiro atoms. The molecule has 0 aromatic carbocycles. The van der Waals surface area contributed by atoms with Gasteiger partial charge in [0, 0.05) is 18.1 Å². The second kappa shape index (κ2) is 6.75. The number of nitrogens with two attached hydrogens (primary N) is 1. The third-order valence-electron chi connectivity index (χ3n) is 4.89. The molecule has 1 rings (SSSR count). The van der Waals surface area contributed by atoms with E-state index in [0.717, 1.165) is 11.8 Å². The average Bonchev–Trinajstić information content (AvgIpc) is 2.30. The van der Waals surface area contributed by atoms with E-state index in [-0.39, 0.29) is 0 Å². The standard InChI is InChI=1S/C15H32N2/c1-6-13(7-2)17(5)15-10-12(11(3)4)8-9-14(15)16/h11-15H,6-10,16H2,1-5H3. The van der Waals surface area contributed by atoms with Gasteiger partial charge in [-0.05, 0) is 51.0 Å². The third-order valence-corrected chi connectivity index (χ3v) is 4.89. The Morgan fingerprint density at radius 3 is 2.24 bits per heavy atom. The average molecular weight is 240 g/mol. The minimum atomic E-state index is 0.385. The molecule has 0 saturated heterocycles. The summed E-state index contributed by atoms with van der Waals surface area (Å²) in [5, 5.41) is 0. The van der Waals surface area contributed by atoms with Crippen LogP contribution in [-0.4, -0.2) is 30.1 Å². The number of hydrogen-bond acceptors (Lipinski definition) is 2. The number of nitrogens with zero attached hydrogens (tertiary/aromatic N) is 1. The van der Waals surface area contributed by atoms with Crippen LogP contribution in [0.3, 0.4) is 0 Å². The Kier molecular flexibility index (Phi) is 5.94. The van der Waals surface area contributed by atoms with Crippen LogP contribution >= 0.6 is 0 Å². The highest BCUT2D eigenvalue weighted by atomic mass is 15.2. The molecule has 0 amide bonds.